The lowest BCUT2D eigenvalue weighted by Gasteiger charge is -2.02. The van der Waals surface area contributed by atoms with Gasteiger partial charge in [0, 0.05) is 12.8 Å². The van der Waals surface area contributed by atoms with Crippen molar-refractivity contribution in [2.75, 3.05) is 19.1 Å². The van der Waals surface area contributed by atoms with Crippen LogP contribution in [0.3, 0.4) is 0 Å². The molecule has 0 saturated heterocycles. The standard InChI is InChI=1S/C8H16N2O4S/c1-8(11)3-4-10-7-14-5-2-6-15(9,12)13/h3-4,10H,2,5-7H2,1H3,(H2,9,12,13)/b4-3-. The van der Waals surface area contributed by atoms with Crippen LogP contribution in [0.2, 0.25) is 0 Å². The van der Waals surface area contributed by atoms with E-state index in [1.807, 2.05) is 0 Å². The molecule has 0 atom stereocenters. The molecule has 0 bridgehead atoms. The number of nitrogens with one attached hydrogen (secondary N) is 1. The molecule has 88 valence electrons. The fourth-order valence-electron chi connectivity index (χ4n) is 0.718. The third kappa shape index (κ3) is 13.1. The van der Waals surface area contributed by atoms with Gasteiger partial charge in [0.25, 0.3) is 0 Å². The average molecular weight is 236 g/mol. The number of hydrogen-bond donors (Lipinski definition) is 2. The van der Waals surface area contributed by atoms with Crippen LogP contribution in [-0.4, -0.2) is 33.3 Å². The Morgan fingerprint density at radius 2 is 2.20 bits per heavy atom. The van der Waals surface area contributed by atoms with Crippen LogP contribution < -0.4 is 10.5 Å². The third-order valence-corrected chi connectivity index (χ3v) is 2.20. The minimum Gasteiger partial charge on any atom is -0.369 e. The summed E-state index contributed by atoms with van der Waals surface area (Å²) < 4.78 is 26.0. The molecule has 3 N–H and O–H groups in total. The van der Waals surface area contributed by atoms with Crippen molar-refractivity contribution >= 4 is 15.8 Å². The summed E-state index contributed by atoms with van der Waals surface area (Å²) in [5.41, 5.74) is 0. The normalized spacial score (nSPS) is 11.9. The Morgan fingerprint density at radius 3 is 2.73 bits per heavy atom. The summed E-state index contributed by atoms with van der Waals surface area (Å²) in [6.45, 7) is 1.97. The Morgan fingerprint density at radius 1 is 1.53 bits per heavy atom. The number of rotatable bonds is 8. The van der Waals surface area contributed by atoms with Crippen LogP contribution in [0.15, 0.2) is 12.3 Å². The number of carbonyl (C=O) groups is 1. The number of nitrogens with two attached hydrogens (primary N) is 1. The van der Waals surface area contributed by atoms with Crippen LogP contribution in [0.1, 0.15) is 13.3 Å². The number of sulfonamides is 1. The highest BCUT2D eigenvalue weighted by atomic mass is 32.2. The van der Waals surface area contributed by atoms with Crippen molar-refractivity contribution in [2.24, 2.45) is 5.14 Å². The Kier molecular flexibility index (Phi) is 6.93. The van der Waals surface area contributed by atoms with E-state index in [9.17, 15) is 13.2 Å². The predicted octanol–water partition coefficient (Wildman–Crippen LogP) is -0.669. The molecule has 0 aromatic carbocycles. The molecular formula is C8H16N2O4S. The van der Waals surface area contributed by atoms with Crippen LogP contribution in [0.4, 0.5) is 0 Å². The van der Waals surface area contributed by atoms with E-state index < -0.39 is 10.0 Å². The summed E-state index contributed by atoms with van der Waals surface area (Å²) in [5.74, 6) is -0.146. The Labute approximate surface area is 89.5 Å². The van der Waals surface area contributed by atoms with Gasteiger partial charge in [-0.3, -0.25) is 4.79 Å². The van der Waals surface area contributed by atoms with E-state index in [2.05, 4.69) is 5.32 Å². The number of hydrogen-bond acceptors (Lipinski definition) is 5. The molecule has 6 nitrogen and oxygen atoms in total. The highest BCUT2D eigenvalue weighted by Gasteiger charge is 2.00. The number of ketones is 1. The summed E-state index contributed by atoms with van der Waals surface area (Å²) in [7, 11) is -3.39. The second kappa shape index (κ2) is 7.38. The van der Waals surface area contributed by atoms with Crippen molar-refractivity contribution in [3.8, 4) is 0 Å². The SMILES string of the molecule is CC(=O)/C=C\NCOCCCS(N)(=O)=O. The van der Waals surface area contributed by atoms with Gasteiger partial charge in [0.05, 0.1) is 5.75 Å². The molecular weight excluding hydrogens is 220 g/mol. The van der Waals surface area contributed by atoms with Gasteiger partial charge in [0.15, 0.2) is 5.78 Å². The minimum atomic E-state index is -3.39. The van der Waals surface area contributed by atoms with E-state index in [-0.39, 0.29) is 18.3 Å². The van der Waals surface area contributed by atoms with Gasteiger partial charge < -0.3 is 10.1 Å². The molecule has 0 aliphatic carbocycles. The van der Waals surface area contributed by atoms with Crippen molar-refractivity contribution in [1.29, 1.82) is 0 Å². The van der Waals surface area contributed by atoms with Gasteiger partial charge in [0.1, 0.15) is 6.73 Å². The van der Waals surface area contributed by atoms with Gasteiger partial charge in [-0.25, -0.2) is 13.6 Å². The Hall–Kier alpha value is -0.920. The van der Waals surface area contributed by atoms with Gasteiger partial charge in [-0.2, -0.15) is 0 Å². The zero-order valence-corrected chi connectivity index (χ0v) is 9.42. The molecule has 0 rings (SSSR count). The van der Waals surface area contributed by atoms with Crippen molar-refractivity contribution < 1.29 is 17.9 Å². The highest BCUT2D eigenvalue weighted by molar-refractivity contribution is 7.89. The molecule has 0 radical (unpaired) electrons. The summed E-state index contributed by atoms with van der Waals surface area (Å²) >= 11 is 0. The molecule has 0 aromatic heterocycles. The van der Waals surface area contributed by atoms with Crippen LogP contribution in [0, 0.1) is 0 Å². The van der Waals surface area contributed by atoms with Gasteiger partial charge in [-0.15, -0.1) is 0 Å². The van der Waals surface area contributed by atoms with Crippen LogP contribution in [0.5, 0.6) is 0 Å². The maximum Gasteiger partial charge on any atom is 0.209 e. The zero-order valence-electron chi connectivity index (χ0n) is 8.60. The second-order valence-corrected chi connectivity index (χ2v) is 4.66. The van der Waals surface area contributed by atoms with Crippen LogP contribution in [0.25, 0.3) is 0 Å². The molecule has 0 aromatic rings. The molecule has 0 heterocycles. The van der Waals surface area contributed by atoms with Crippen LogP contribution in [-0.2, 0) is 19.6 Å². The number of allylic oxidation sites excluding steroid dienone is 1. The molecule has 0 aliphatic rings. The summed E-state index contributed by atoms with van der Waals surface area (Å²) in [5, 5.41) is 7.49. The van der Waals surface area contributed by atoms with E-state index in [4.69, 9.17) is 9.88 Å². The molecule has 15 heavy (non-hydrogen) atoms. The number of ether oxygens (including phenoxy) is 1. The first-order valence-electron chi connectivity index (χ1n) is 4.40. The van der Waals surface area contributed by atoms with E-state index >= 15 is 0 Å². The topological polar surface area (TPSA) is 98.5 Å². The van der Waals surface area contributed by atoms with Gasteiger partial charge in [0.2, 0.25) is 10.0 Å². The summed E-state index contributed by atoms with van der Waals surface area (Å²) in [6.07, 6.45) is 3.20. The first kappa shape index (κ1) is 14.1. The van der Waals surface area contributed by atoms with Crippen LogP contribution >= 0.6 is 0 Å². The van der Waals surface area contributed by atoms with Crippen molar-refractivity contribution in [2.45, 2.75) is 13.3 Å². The first-order chi connectivity index (χ1) is 6.92. The number of carbonyl (C=O) groups excluding carboxylic acids is 1. The maximum absolute atomic E-state index is 10.5. The fraction of sp³-hybridized carbons (Fsp3) is 0.625. The van der Waals surface area contributed by atoms with Crippen molar-refractivity contribution in [1.82, 2.24) is 5.32 Å². The number of primary sulfonamides is 1. The molecule has 0 unspecified atom stereocenters. The van der Waals surface area contributed by atoms with Crippen molar-refractivity contribution in [3.05, 3.63) is 12.3 Å². The molecule has 0 saturated carbocycles. The largest absolute Gasteiger partial charge is 0.369 e. The lowest BCUT2D eigenvalue weighted by molar-refractivity contribution is -0.112. The maximum atomic E-state index is 10.5. The lowest BCUT2D eigenvalue weighted by atomic mass is 10.4. The van der Waals surface area contributed by atoms with E-state index in [1.165, 1.54) is 19.2 Å². The second-order valence-electron chi connectivity index (χ2n) is 2.92. The quantitative estimate of drug-likeness (QED) is 0.331. The molecule has 7 heteroatoms. The van der Waals surface area contributed by atoms with E-state index in [0.29, 0.717) is 13.0 Å². The van der Waals surface area contributed by atoms with Gasteiger partial charge in [-0.05, 0) is 19.4 Å². The summed E-state index contributed by atoms with van der Waals surface area (Å²) in [4.78, 5) is 10.4. The predicted molar refractivity (Wildman–Crippen MR) is 56.4 cm³/mol. The zero-order chi connectivity index (χ0) is 11.7. The molecule has 0 aliphatic heterocycles. The minimum absolute atomic E-state index is 0.0586. The smallest absolute Gasteiger partial charge is 0.209 e. The summed E-state index contributed by atoms with van der Waals surface area (Å²) in [6, 6.07) is 0. The highest BCUT2D eigenvalue weighted by Crippen LogP contribution is 1.86. The van der Waals surface area contributed by atoms with Crippen molar-refractivity contribution in [3.63, 3.8) is 0 Å². The molecule has 0 amide bonds. The fourth-order valence-corrected chi connectivity index (χ4v) is 1.24. The van der Waals surface area contributed by atoms with E-state index in [0.717, 1.165) is 0 Å². The first-order valence-corrected chi connectivity index (χ1v) is 6.12. The van der Waals surface area contributed by atoms with Gasteiger partial charge in [-0.1, -0.05) is 0 Å². The molecule has 0 fully saturated rings. The molecule has 0 spiro atoms. The average Bonchev–Trinajstić information content (AvgIpc) is 2.07. The monoisotopic (exact) mass is 236 g/mol. The Balaban J connectivity index is 3.30. The lowest BCUT2D eigenvalue weighted by Crippen LogP contribution is -2.19. The Bertz CT molecular complexity index is 311. The third-order valence-electron chi connectivity index (χ3n) is 1.34. The van der Waals surface area contributed by atoms with Gasteiger partial charge >= 0.3 is 0 Å². The van der Waals surface area contributed by atoms with E-state index in [1.54, 1.807) is 0 Å².